The van der Waals surface area contributed by atoms with Crippen molar-refractivity contribution in [1.29, 1.82) is 0 Å². The molecule has 1 aliphatic rings. The highest BCUT2D eigenvalue weighted by Gasteiger charge is 2.38. The normalized spacial score (nSPS) is 27.3. The zero-order chi connectivity index (χ0) is 13.9. The molecule has 0 aliphatic heterocycles. The molecule has 2 unspecified atom stereocenters. The van der Waals surface area contributed by atoms with Gasteiger partial charge in [-0.1, -0.05) is 43.9 Å². The summed E-state index contributed by atoms with van der Waals surface area (Å²) >= 11 is 0. The van der Waals surface area contributed by atoms with Crippen LogP contribution in [0.2, 0.25) is 0 Å². The Bertz CT molecular complexity index is 398. The molecule has 2 atom stereocenters. The second-order valence-electron chi connectivity index (χ2n) is 6.19. The zero-order valence-corrected chi connectivity index (χ0v) is 12.7. The fourth-order valence-electron chi connectivity index (χ4n) is 3.48. The molecule has 106 valence electrons. The van der Waals surface area contributed by atoms with Gasteiger partial charge in [-0.05, 0) is 37.8 Å². The maximum atomic E-state index is 6.18. The van der Waals surface area contributed by atoms with Crippen LogP contribution < -0.4 is 10.6 Å². The van der Waals surface area contributed by atoms with Gasteiger partial charge in [0.15, 0.2) is 0 Å². The van der Waals surface area contributed by atoms with Crippen LogP contribution in [0, 0.1) is 12.8 Å². The van der Waals surface area contributed by atoms with Crippen LogP contribution in [0.1, 0.15) is 44.6 Å². The molecule has 1 aliphatic carbocycles. The van der Waals surface area contributed by atoms with Gasteiger partial charge in [0, 0.05) is 19.3 Å². The van der Waals surface area contributed by atoms with Crippen molar-refractivity contribution in [1.82, 2.24) is 0 Å². The van der Waals surface area contributed by atoms with Crippen LogP contribution >= 0.6 is 0 Å². The molecule has 0 saturated heterocycles. The SMILES string of the molecule is CCC1CCCC(CN)(N(C)c2ccc(C)cc2)C1. The largest absolute Gasteiger partial charge is 0.368 e. The van der Waals surface area contributed by atoms with Crippen LogP contribution in [0.15, 0.2) is 24.3 Å². The van der Waals surface area contributed by atoms with Crippen LogP contribution in [0.3, 0.4) is 0 Å². The molecule has 2 N–H and O–H groups in total. The molecule has 0 aromatic heterocycles. The third kappa shape index (κ3) is 2.94. The minimum absolute atomic E-state index is 0.161. The number of rotatable bonds is 4. The molecule has 1 aromatic carbocycles. The standard InChI is InChI=1S/C17H28N2/c1-4-15-6-5-11-17(12-15,13-18)19(3)16-9-7-14(2)8-10-16/h7-10,15H,4-6,11-13,18H2,1-3H3. The van der Waals surface area contributed by atoms with E-state index >= 15 is 0 Å². The van der Waals surface area contributed by atoms with E-state index in [1.807, 2.05) is 0 Å². The fourth-order valence-corrected chi connectivity index (χ4v) is 3.48. The van der Waals surface area contributed by atoms with E-state index < -0.39 is 0 Å². The Morgan fingerprint density at radius 3 is 2.58 bits per heavy atom. The Balaban J connectivity index is 2.22. The van der Waals surface area contributed by atoms with Crippen molar-refractivity contribution in [2.24, 2.45) is 11.7 Å². The number of nitrogens with two attached hydrogens (primary N) is 1. The van der Waals surface area contributed by atoms with Crippen molar-refractivity contribution in [2.45, 2.75) is 51.5 Å². The Kier molecular flexibility index (Phi) is 4.51. The lowest BCUT2D eigenvalue weighted by molar-refractivity contribution is 0.218. The molecule has 0 bridgehead atoms. The quantitative estimate of drug-likeness (QED) is 0.894. The summed E-state index contributed by atoms with van der Waals surface area (Å²) in [6.07, 6.45) is 6.43. The molecule has 2 nitrogen and oxygen atoms in total. The van der Waals surface area contributed by atoms with Gasteiger partial charge in [-0.3, -0.25) is 0 Å². The number of hydrogen-bond acceptors (Lipinski definition) is 2. The molecular formula is C17H28N2. The Morgan fingerprint density at radius 1 is 1.32 bits per heavy atom. The van der Waals surface area contributed by atoms with Gasteiger partial charge in [-0.2, -0.15) is 0 Å². The van der Waals surface area contributed by atoms with Crippen LogP contribution in [0.25, 0.3) is 0 Å². The Hall–Kier alpha value is -1.02. The molecule has 1 aromatic rings. The average Bonchev–Trinajstić information content (AvgIpc) is 2.47. The summed E-state index contributed by atoms with van der Waals surface area (Å²) in [7, 11) is 2.22. The first-order valence-corrected chi connectivity index (χ1v) is 7.62. The van der Waals surface area contributed by atoms with Gasteiger partial charge in [0.05, 0.1) is 5.54 Å². The van der Waals surface area contributed by atoms with Crippen molar-refractivity contribution >= 4 is 5.69 Å². The average molecular weight is 260 g/mol. The van der Waals surface area contributed by atoms with E-state index in [4.69, 9.17) is 5.73 Å². The molecule has 0 heterocycles. The van der Waals surface area contributed by atoms with Gasteiger partial charge in [0.2, 0.25) is 0 Å². The molecule has 1 fully saturated rings. The number of benzene rings is 1. The molecule has 2 rings (SSSR count). The summed E-state index contributed by atoms with van der Waals surface area (Å²) in [5.74, 6) is 0.838. The van der Waals surface area contributed by atoms with Crippen LogP contribution in [-0.2, 0) is 0 Å². The molecular weight excluding hydrogens is 232 g/mol. The van der Waals surface area contributed by atoms with E-state index in [0.29, 0.717) is 0 Å². The van der Waals surface area contributed by atoms with E-state index in [-0.39, 0.29) is 5.54 Å². The van der Waals surface area contributed by atoms with Crippen molar-refractivity contribution < 1.29 is 0 Å². The molecule has 0 amide bonds. The summed E-state index contributed by atoms with van der Waals surface area (Å²) in [4.78, 5) is 2.44. The smallest absolute Gasteiger partial charge is 0.0523 e. The van der Waals surface area contributed by atoms with E-state index in [9.17, 15) is 0 Å². The highest BCUT2D eigenvalue weighted by molar-refractivity contribution is 5.49. The van der Waals surface area contributed by atoms with Crippen LogP contribution in [-0.4, -0.2) is 19.1 Å². The van der Waals surface area contributed by atoms with E-state index in [1.54, 1.807) is 0 Å². The summed E-state index contributed by atoms with van der Waals surface area (Å²) < 4.78 is 0. The Morgan fingerprint density at radius 2 is 2.00 bits per heavy atom. The minimum atomic E-state index is 0.161. The summed E-state index contributed by atoms with van der Waals surface area (Å²) in [6, 6.07) is 8.83. The highest BCUT2D eigenvalue weighted by Crippen LogP contribution is 2.39. The predicted octanol–water partition coefficient (Wildman–Crippen LogP) is 3.73. The van der Waals surface area contributed by atoms with Gasteiger partial charge in [0.1, 0.15) is 0 Å². The first kappa shape index (κ1) is 14.4. The lowest BCUT2D eigenvalue weighted by atomic mass is 9.73. The Labute approximate surface area is 118 Å². The number of hydrogen-bond donors (Lipinski definition) is 1. The van der Waals surface area contributed by atoms with Crippen molar-refractivity contribution in [3.63, 3.8) is 0 Å². The van der Waals surface area contributed by atoms with Gasteiger partial charge in [-0.25, -0.2) is 0 Å². The first-order valence-electron chi connectivity index (χ1n) is 7.62. The number of aryl methyl sites for hydroxylation is 1. The first-order chi connectivity index (χ1) is 9.11. The predicted molar refractivity (Wildman–Crippen MR) is 83.6 cm³/mol. The third-order valence-electron chi connectivity index (χ3n) is 5.01. The number of nitrogens with zero attached hydrogens (tertiary/aromatic N) is 1. The van der Waals surface area contributed by atoms with Gasteiger partial charge in [-0.15, -0.1) is 0 Å². The molecule has 2 heteroatoms. The monoisotopic (exact) mass is 260 g/mol. The van der Waals surface area contributed by atoms with Crippen molar-refractivity contribution in [3.05, 3.63) is 29.8 Å². The zero-order valence-electron chi connectivity index (χ0n) is 12.7. The summed E-state index contributed by atoms with van der Waals surface area (Å²) in [6.45, 7) is 5.20. The van der Waals surface area contributed by atoms with Gasteiger partial charge in [0.25, 0.3) is 0 Å². The summed E-state index contributed by atoms with van der Waals surface area (Å²) in [5.41, 5.74) is 8.96. The third-order valence-corrected chi connectivity index (χ3v) is 5.01. The van der Waals surface area contributed by atoms with Crippen LogP contribution in [0.5, 0.6) is 0 Å². The van der Waals surface area contributed by atoms with Crippen molar-refractivity contribution in [3.8, 4) is 0 Å². The second kappa shape index (κ2) is 5.96. The number of likely N-dealkylation sites (N-methyl/N-ethyl adjacent to an activating group) is 1. The fraction of sp³-hybridized carbons (Fsp3) is 0.647. The second-order valence-corrected chi connectivity index (χ2v) is 6.19. The lowest BCUT2D eigenvalue weighted by Gasteiger charge is -2.47. The number of anilines is 1. The molecule has 0 spiro atoms. The lowest BCUT2D eigenvalue weighted by Crippen LogP contribution is -2.55. The van der Waals surface area contributed by atoms with E-state index in [2.05, 4.69) is 50.1 Å². The highest BCUT2D eigenvalue weighted by atomic mass is 15.2. The molecule has 1 saturated carbocycles. The minimum Gasteiger partial charge on any atom is -0.368 e. The summed E-state index contributed by atoms with van der Waals surface area (Å²) in [5, 5.41) is 0. The van der Waals surface area contributed by atoms with Gasteiger partial charge >= 0.3 is 0 Å². The topological polar surface area (TPSA) is 29.3 Å². The van der Waals surface area contributed by atoms with Gasteiger partial charge < -0.3 is 10.6 Å². The van der Waals surface area contributed by atoms with Crippen LogP contribution in [0.4, 0.5) is 5.69 Å². The van der Waals surface area contributed by atoms with E-state index in [0.717, 1.165) is 12.5 Å². The molecule has 0 radical (unpaired) electrons. The maximum absolute atomic E-state index is 6.18. The van der Waals surface area contributed by atoms with E-state index in [1.165, 1.54) is 43.4 Å². The molecule has 19 heavy (non-hydrogen) atoms. The maximum Gasteiger partial charge on any atom is 0.0523 e. The van der Waals surface area contributed by atoms with Crippen molar-refractivity contribution in [2.75, 3.05) is 18.5 Å².